The number of hydrogen-bond acceptors (Lipinski definition) is 5. The molecule has 176 valence electrons. The maximum absolute atomic E-state index is 12.8. The van der Waals surface area contributed by atoms with Crippen molar-refractivity contribution in [2.75, 3.05) is 38.0 Å². The second-order valence-electron chi connectivity index (χ2n) is 10.9. The summed E-state index contributed by atoms with van der Waals surface area (Å²) in [6, 6.07) is 10.9. The minimum atomic E-state index is 0.300. The lowest BCUT2D eigenvalue weighted by Gasteiger charge is -2.35. The van der Waals surface area contributed by atoms with Gasteiger partial charge >= 0.3 is 0 Å². The molecule has 0 spiro atoms. The van der Waals surface area contributed by atoms with Crippen LogP contribution in [0.4, 0.5) is 5.13 Å². The molecule has 33 heavy (non-hydrogen) atoms. The van der Waals surface area contributed by atoms with Crippen LogP contribution in [0.2, 0.25) is 0 Å². The highest BCUT2D eigenvalue weighted by atomic mass is 32.1. The van der Waals surface area contributed by atoms with E-state index in [-0.39, 0.29) is 0 Å². The molecule has 3 saturated carbocycles. The monoisotopic (exact) mass is 464 g/mol. The van der Waals surface area contributed by atoms with Crippen LogP contribution in [0.25, 0.3) is 0 Å². The van der Waals surface area contributed by atoms with Gasteiger partial charge in [0.25, 0.3) is 0 Å². The number of benzene rings is 1. The normalized spacial score (nSPS) is 28.2. The minimum absolute atomic E-state index is 0.300. The molecule has 1 saturated heterocycles. The Morgan fingerprint density at radius 2 is 1.91 bits per heavy atom. The second-order valence-corrected chi connectivity index (χ2v) is 11.8. The summed E-state index contributed by atoms with van der Waals surface area (Å²) in [5, 5.41) is 6.83. The van der Waals surface area contributed by atoms with Crippen LogP contribution in [0.5, 0.6) is 0 Å². The summed E-state index contributed by atoms with van der Waals surface area (Å²) in [6.07, 6.45) is 8.80. The third kappa shape index (κ3) is 4.69. The van der Waals surface area contributed by atoms with Crippen LogP contribution in [-0.2, 0) is 16.8 Å². The summed E-state index contributed by atoms with van der Waals surface area (Å²) >= 11 is 1.72. The highest BCUT2D eigenvalue weighted by molar-refractivity contribution is 7.13. The number of hydrogen-bond donors (Lipinski definition) is 1. The zero-order valence-corrected chi connectivity index (χ0v) is 20.4. The van der Waals surface area contributed by atoms with Gasteiger partial charge in [0.05, 0.1) is 5.69 Å². The molecule has 3 unspecified atom stereocenters. The SMILES string of the molecule is O=C(CC1CC2CCC1C2)N1CCN(Cc2csc(NCC3(c4ccccc4)CC3)n2)CC1. The molecule has 6 heteroatoms. The molecule has 0 radical (unpaired) electrons. The van der Waals surface area contributed by atoms with E-state index in [9.17, 15) is 4.79 Å². The van der Waals surface area contributed by atoms with Crippen LogP contribution in [-0.4, -0.2) is 53.4 Å². The quantitative estimate of drug-likeness (QED) is 0.612. The lowest BCUT2D eigenvalue weighted by Crippen LogP contribution is -2.48. The molecule has 2 heterocycles. The first kappa shape index (κ1) is 21.6. The van der Waals surface area contributed by atoms with Crippen molar-refractivity contribution in [3.05, 3.63) is 47.0 Å². The van der Waals surface area contributed by atoms with Crippen LogP contribution in [0.15, 0.2) is 35.7 Å². The highest BCUT2D eigenvalue weighted by Gasteiger charge is 2.44. The fourth-order valence-electron chi connectivity index (χ4n) is 6.58. The number of carbonyl (C=O) groups excluding carboxylic acids is 1. The Morgan fingerprint density at radius 1 is 1.09 bits per heavy atom. The van der Waals surface area contributed by atoms with Gasteiger partial charge in [0, 0.05) is 56.5 Å². The summed E-state index contributed by atoms with van der Waals surface area (Å²) in [5.41, 5.74) is 2.89. The summed E-state index contributed by atoms with van der Waals surface area (Å²) in [7, 11) is 0. The Morgan fingerprint density at radius 3 is 2.61 bits per heavy atom. The van der Waals surface area contributed by atoms with E-state index < -0.39 is 0 Å². The molecular weight excluding hydrogens is 428 g/mol. The molecule has 2 bridgehead atoms. The number of piperazine rings is 1. The van der Waals surface area contributed by atoms with Crippen molar-refractivity contribution in [1.29, 1.82) is 0 Å². The topological polar surface area (TPSA) is 48.5 Å². The van der Waals surface area contributed by atoms with E-state index in [2.05, 4.69) is 50.8 Å². The van der Waals surface area contributed by atoms with Gasteiger partial charge < -0.3 is 10.2 Å². The molecule has 1 aliphatic heterocycles. The fourth-order valence-corrected chi connectivity index (χ4v) is 7.28. The molecule has 4 fully saturated rings. The number of rotatable bonds is 8. The van der Waals surface area contributed by atoms with Crippen LogP contribution >= 0.6 is 11.3 Å². The predicted octanol–water partition coefficient (Wildman–Crippen LogP) is 4.76. The first-order chi connectivity index (χ1) is 16.2. The molecule has 1 aromatic carbocycles. The number of fused-ring (bicyclic) bond motifs is 2. The third-order valence-electron chi connectivity index (χ3n) is 8.80. The first-order valence-corrected chi connectivity index (χ1v) is 13.8. The van der Waals surface area contributed by atoms with E-state index in [0.29, 0.717) is 17.2 Å². The number of aromatic nitrogens is 1. The van der Waals surface area contributed by atoms with E-state index >= 15 is 0 Å². The van der Waals surface area contributed by atoms with E-state index in [0.717, 1.165) is 68.4 Å². The van der Waals surface area contributed by atoms with E-state index in [1.807, 2.05) is 0 Å². The number of carbonyl (C=O) groups is 1. The molecule has 3 atom stereocenters. The molecule has 6 rings (SSSR count). The minimum Gasteiger partial charge on any atom is -0.361 e. The van der Waals surface area contributed by atoms with Gasteiger partial charge in [0.1, 0.15) is 0 Å². The van der Waals surface area contributed by atoms with Crippen molar-refractivity contribution < 1.29 is 4.79 Å². The number of anilines is 1. The Balaban J connectivity index is 0.950. The van der Waals surface area contributed by atoms with Gasteiger partial charge in [-0.1, -0.05) is 36.8 Å². The van der Waals surface area contributed by atoms with Crippen molar-refractivity contribution >= 4 is 22.4 Å². The predicted molar refractivity (Wildman–Crippen MR) is 133 cm³/mol. The molecular formula is C27H36N4OS. The average molecular weight is 465 g/mol. The van der Waals surface area contributed by atoms with Crippen LogP contribution in [0.1, 0.15) is 56.2 Å². The molecule has 5 nitrogen and oxygen atoms in total. The zero-order chi connectivity index (χ0) is 22.3. The lowest BCUT2D eigenvalue weighted by molar-refractivity contribution is -0.134. The number of nitrogens with one attached hydrogen (secondary N) is 1. The lowest BCUT2D eigenvalue weighted by atomic mass is 9.86. The Kier molecular flexibility index (Phi) is 5.91. The standard InChI is InChI=1S/C27H36N4OS/c32-25(16-22-15-20-6-7-21(22)14-20)31-12-10-30(11-13-31)17-24-18-33-26(29-24)28-19-27(8-9-27)23-4-2-1-3-5-23/h1-5,18,20-22H,6-17,19H2,(H,28,29). The molecule has 1 N–H and O–H groups in total. The highest BCUT2D eigenvalue weighted by Crippen LogP contribution is 2.50. The number of amides is 1. The molecule has 2 aromatic rings. The van der Waals surface area contributed by atoms with Gasteiger partial charge in [-0.25, -0.2) is 4.98 Å². The smallest absolute Gasteiger partial charge is 0.222 e. The van der Waals surface area contributed by atoms with Crippen molar-refractivity contribution in [1.82, 2.24) is 14.8 Å². The van der Waals surface area contributed by atoms with Crippen molar-refractivity contribution in [3.63, 3.8) is 0 Å². The summed E-state index contributed by atoms with van der Waals surface area (Å²) < 4.78 is 0. The summed E-state index contributed by atoms with van der Waals surface area (Å²) in [5.74, 6) is 2.84. The van der Waals surface area contributed by atoms with Gasteiger partial charge in [0.15, 0.2) is 5.13 Å². The third-order valence-corrected chi connectivity index (χ3v) is 9.65. The Labute approximate surface area is 201 Å². The van der Waals surface area contributed by atoms with Crippen molar-refractivity contribution in [3.8, 4) is 0 Å². The molecule has 4 aliphatic rings. The summed E-state index contributed by atoms with van der Waals surface area (Å²) in [4.78, 5) is 22.3. The van der Waals surface area contributed by atoms with Gasteiger partial charge in [-0.3, -0.25) is 9.69 Å². The maximum Gasteiger partial charge on any atom is 0.222 e. The van der Waals surface area contributed by atoms with Gasteiger partial charge in [0.2, 0.25) is 5.91 Å². The largest absolute Gasteiger partial charge is 0.361 e. The molecule has 1 amide bonds. The van der Waals surface area contributed by atoms with Gasteiger partial charge in [-0.05, 0) is 55.4 Å². The van der Waals surface area contributed by atoms with E-state index in [1.54, 1.807) is 11.3 Å². The van der Waals surface area contributed by atoms with Gasteiger partial charge in [-0.15, -0.1) is 11.3 Å². The van der Waals surface area contributed by atoms with E-state index in [1.165, 1.54) is 44.1 Å². The zero-order valence-electron chi connectivity index (χ0n) is 19.5. The van der Waals surface area contributed by atoms with Gasteiger partial charge in [-0.2, -0.15) is 0 Å². The molecule has 3 aliphatic carbocycles. The fraction of sp³-hybridized carbons (Fsp3) is 0.630. The summed E-state index contributed by atoms with van der Waals surface area (Å²) in [6.45, 7) is 5.51. The average Bonchev–Trinajstić information content (AvgIpc) is 3.13. The molecule has 1 aromatic heterocycles. The van der Waals surface area contributed by atoms with Crippen LogP contribution in [0, 0.1) is 17.8 Å². The number of thiazole rings is 1. The van der Waals surface area contributed by atoms with Crippen molar-refractivity contribution in [2.24, 2.45) is 17.8 Å². The number of nitrogens with zero attached hydrogens (tertiary/aromatic N) is 3. The maximum atomic E-state index is 12.8. The van der Waals surface area contributed by atoms with E-state index in [4.69, 9.17) is 4.98 Å². The Bertz CT molecular complexity index is 964. The Hall–Kier alpha value is -1.92. The van der Waals surface area contributed by atoms with Crippen LogP contribution < -0.4 is 5.32 Å². The first-order valence-electron chi connectivity index (χ1n) is 12.9. The van der Waals surface area contributed by atoms with Crippen LogP contribution in [0.3, 0.4) is 0 Å². The van der Waals surface area contributed by atoms with Crippen molar-refractivity contribution in [2.45, 2.75) is 56.9 Å². The second kappa shape index (κ2) is 9.03.